The van der Waals surface area contributed by atoms with Crippen LogP contribution >= 0.6 is 0 Å². The van der Waals surface area contributed by atoms with Crippen molar-refractivity contribution >= 4 is 22.0 Å². The molecule has 0 spiro atoms. The minimum atomic E-state index is -3.44. The smallest absolute Gasteiger partial charge is 0.326 e. The molecule has 180 valence electrons. The third-order valence-electron chi connectivity index (χ3n) is 6.48. The Labute approximate surface area is 198 Å². The number of carbonyl (C=O) groups excluding carboxylic acids is 2. The second kappa shape index (κ2) is 8.57. The van der Waals surface area contributed by atoms with Gasteiger partial charge in [0.25, 0.3) is 5.91 Å². The van der Waals surface area contributed by atoms with E-state index < -0.39 is 21.6 Å². The monoisotopic (exact) mass is 486 g/mol. The van der Waals surface area contributed by atoms with Gasteiger partial charge in [0.1, 0.15) is 5.54 Å². The number of imide groups is 1. The predicted molar refractivity (Wildman–Crippen MR) is 122 cm³/mol. The Morgan fingerprint density at radius 3 is 2.41 bits per heavy atom. The van der Waals surface area contributed by atoms with Crippen molar-refractivity contribution in [3.05, 3.63) is 59.7 Å². The Kier molecular flexibility index (Phi) is 5.70. The highest BCUT2D eigenvalue weighted by molar-refractivity contribution is 7.88. The number of ether oxygens (including phenoxy) is 2. The van der Waals surface area contributed by atoms with Crippen LogP contribution in [0.3, 0.4) is 0 Å². The number of sulfonamides is 1. The number of rotatable bonds is 6. The van der Waals surface area contributed by atoms with Crippen LogP contribution in [0.2, 0.25) is 0 Å². The molecule has 0 aromatic heterocycles. The van der Waals surface area contributed by atoms with Crippen LogP contribution in [-0.4, -0.2) is 74.1 Å². The van der Waals surface area contributed by atoms with E-state index in [1.165, 1.54) is 9.21 Å². The minimum absolute atomic E-state index is 0.0469. The number of piperazine rings is 1. The van der Waals surface area contributed by atoms with Crippen molar-refractivity contribution in [1.82, 2.24) is 19.4 Å². The van der Waals surface area contributed by atoms with E-state index in [2.05, 4.69) is 5.32 Å². The second-order valence-electron chi connectivity index (χ2n) is 8.76. The summed E-state index contributed by atoms with van der Waals surface area (Å²) in [5.41, 5.74) is 0.125. The lowest BCUT2D eigenvalue weighted by molar-refractivity contribution is -0.132. The summed E-state index contributed by atoms with van der Waals surface area (Å²) < 4.78 is 37.8. The average Bonchev–Trinajstić information content (AvgIpc) is 3.38. The average molecular weight is 487 g/mol. The molecular weight excluding hydrogens is 460 g/mol. The summed E-state index contributed by atoms with van der Waals surface area (Å²) in [5, 5.41) is 2.80. The molecule has 11 heteroatoms. The van der Waals surface area contributed by atoms with Gasteiger partial charge in [0.2, 0.25) is 16.8 Å². The number of hydrogen-bond acceptors (Lipinski definition) is 7. The molecule has 2 aromatic rings. The first kappa shape index (κ1) is 22.6. The SMILES string of the molecule is CC1(c2ccc3c(c2)OCO3)NC(=O)N(CN2CCN(S(=O)(=O)Cc3ccccc3)CC2)C1=O. The molecule has 3 amide bonds. The first-order valence-electron chi connectivity index (χ1n) is 11.0. The third kappa shape index (κ3) is 4.10. The van der Waals surface area contributed by atoms with Gasteiger partial charge in [-0.3, -0.25) is 9.69 Å². The van der Waals surface area contributed by atoms with Gasteiger partial charge in [-0.25, -0.2) is 18.1 Å². The van der Waals surface area contributed by atoms with Crippen molar-refractivity contribution in [3.8, 4) is 11.5 Å². The van der Waals surface area contributed by atoms with Crippen LogP contribution in [0.25, 0.3) is 0 Å². The van der Waals surface area contributed by atoms with E-state index in [0.29, 0.717) is 43.2 Å². The highest BCUT2D eigenvalue weighted by Crippen LogP contribution is 2.37. The summed E-state index contributed by atoms with van der Waals surface area (Å²) >= 11 is 0. The quantitative estimate of drug-likeness (QED) is 0.613. The highest BCUT2D eigenvalue weighted by Gasteiger charge is 2.50. The van der Waals surface area contributed by atoms with Crippen LogP contribution in [0.5, 0.6) is 11.5 Å². The van der Waals surface area contributed by atoms with Crippen molar-refractivity contribution in [2.75, 3.05) is 39.6 Å². The van der Waals surface area contributed by atoms with E-state index in [-0.39, 0.29) is 25.1 Å². The fraction of sp³-hybridized carbons (Fsp3) is 0.391. The normalized spacial score (nSPS) is 23.4. The molecule has 34 heavy (non-hydrogen) atoms. The number of urea groups is 1. The van der Waals surface area contributed by atoms with E-state index in [0.717, 1.165) is 5.56 Å². The number of benzene rings is 2. The van der Waals surface area contributed by atoms with Gasteiger partial charge in [-0.2, -0.15) is 4.31 Å². The van der Waals surface area contributed by atoms with Gasteiger partial charge in [0, 0.05) is 26.2 Å². The maximum absolute atomic E-state index is 13.3. The van der Waals surface area contributed by atoms with Crippen LogP contribution in [0.15, 0.2) is 48.5 Å². The minimum Gasteiger partial charge on any atom is -0.454 e. The number of hydrogen-bond donors (Lipinski definition) is 1. The first-order valence-corrected chi connectivity index (χ1v) is 12.7. The summed E-state index contributed by atoms with van der Waals surface area (Å²) in [7, 11) is -3.44. The van der Waals surface area contributed by atoms with Gasteiger partial charge in [-0.15, -0.1) is 0 Å². The summed E-state index contributed by atoms with van der Waals surface area (Å²) in [5.74, 6) is 0.720. The van der Waals surface area contributed by atoms with Crippen molar-refractivity contribution in [1.29, 1.82) is 0 Å². The fourth-order valence-electron chi connectivity index (χ4n) is 4.45. The maximum atomic E-state index is 13.3. The molecule has 0 radical (unpaired) electrons. The summed E-state index contributed by atoms with van der Waals surface area (Å²) in [6.45, 7) is 3.33. The molecule has 5 rings (SSSR count). The number of nitrogens with zero attached hydrogens (tertiary/aromatic N) is 3. The standard InChI is InChI=1S/C23H26N4O6S/c1-23(18-7-8-19-20(13-18)33-16-32-19)21(28)27(22(29)24-23)15-25-9-11-26(12-10-25)34(30,31)14-17-5-3-2-4-6-17/h2-8,13H,9-12,14-16H2,1H3,(H,24,29). The number of fused-ring (bicyclic) bond motifs is 1. The Hall–Kier alpha value is -3.15. The zero-order chi connectivity index (χ0) is 23.9. The molecule has 3 aliphatic heterocycles. The Morgan fingerprint density at radius 2 is 1.68 bits per heavy atom. The molecule has 3 heterocycles. The van der Waals surface area contributed by atoms with Crippen molar-refractivity contribution in [3.63, 3.8) is 0 Å². The molecule has 0 saturated carbocycles. The summed E-state index contributed by atoms with van der Waals surface area (Å²) in [6, 6.07) is 13.8. The van der Waals surface area contributed by atoms with E-state index in [4.69, 9.17) is 9.47 Å². The van der Waals surface area contributed by atoms with E-state index in [1.807, 2.05) is 23.1 Å². The molecule has 0 bridgehead atoms. The molecule has 2 fully saturated rings. The second-order valence-corrected chi connectivity index (χ2v) is 10.7. The highest BCUT2D eigenvalue weighted by atomic mass is 32.2. The fourth-order valence-corrected chi connectivity index (χ4v) is 5.97. The van der Waals surface area contributed by atoms with Crippen LogP contribution in [0, 0.1) is 0 Å². The van der Waals surface area contributed by atoms with E-state index >= 15 is 0 Å². The molecule has 1 N–H and O–H groups in total. The van der Waals surface area contributed by atoms with Crippen molar-refractivity contribution < 1.29 is 27.5 Å². The summed E-state index contributed by atoms with van der Waals surface area (Å²) in [6.07, 6.45) is 0. The Balaban J connectivity index is 1.22. The number of amides is 3. The van der Waals surface area contributed by atoms with Crippen molar-refractivity contribution in [2.24, 2.45) is 0 Å². The number of carbonyl (C=O) groups is 2. The molecule has 1 atom stereocenters. The lowest BCUT2D eigenvalue weighted by Gasteiger charge is -2.35. The van der Waals surface area contributed by atoms with Crippen LogP contribution in [-0.2, 0) is 26.1 Å². The molecule has 2 aromatic carbocycles. The van der Waals surface area contributed by atoms with Crippen molar-refractivity contribution in [2.45, 2.75) is 18.2 Å². The molecule has 1 unspecified atom stereocenters. The molecular formula is C23H26N4O6S. The van der Waals surface area contributed by atoms with E-state index in [9.17, 15) is 18.0 Å². The lowest BCUT2D eigenvalue weighted by Crippen LogP contribution is -2.53. The van der Waals surface area contributed by atoms with Crippen LogP contribution < -0.4 is 14.8 Å². The van der Waals surface area contributed by atoms with E-state index in [1.54, 1.807) is 37.3 Å². The Morgan fingerprint density at radius 1 is 0.971 bits per heavy atom. The largest absolute Gasteiger partial charge is 0.454 e. The zero-order valence-corrected chi connectivity index (χ0v) is 19.6. The van der Waals surface area contributed by atoms with Crippen LogP contribution in [0.4, 0.5) is 4.79 Å². The van der Waals surface area contributed by atoms with Gasteiger partial charge in [0.15, 0.2) is 11.5 Å². The predicted octanol–water partition coefficient (Wildman–Crippen LogP) is 1.29. The van der Waals surface area contributed by atoms with Gasteiger partial charge in [-0.05, 0) is 30.2 Å². The summed E-state index contributed by atoms with van der Waals surface area (Å²) in [4.78, 5) is 29.1. The molecule has 0 aliphatic carbocycles. The number of nitrogens with one attached hydrogen (secondary N) is 1. The van der Waals surface area contributed by atoms with Gasteiger partial charge in [-0.1, -0.05) is 36.4 Å². The van der Waals surface area contributed by atoms with Gasteiger partial charge >= 0.3 is 6.03 Å². The van der Waals surface area contributed by atoms with Crippen LogP contribution in [0.1, 0.15) is 18.1 Å². The third-order valence-corrected chi connectivity index (χ3v) is 8.33. The first-order chi connectivity index (χ1) is 16.3. The van der Waals surface area contributed by atoms with Gasteiger partial charge in [0.05, 0.1) is 12.4 Å². The molecule has 10 nitrogen and oxygen atoms in total. The maximum Gasteiger partial charge on any atom is 0.326 e. The topological polar surface area (TPSA) is 108 Å². The molecule has 3 aliphatic rings. The molecule has 2 saturated heterocycles. The Bertz CT molecular complexity index is 1210. The zero-order valence-electron chi connectivity index (χ0n) is 18.8. The van der Waals surface area contributed by atoms with Gasteiger partial charge < -0.3 is 14.8 Å². The lowest BCUT2D eigenvalue weighted by atomic mass is 9.92.